The van der Waals surface area contributed by atoms with Crippen molar-refractivity contribution in [1.29, 1.82) is 0 Å². The molecule has 3 rings (SSSR count). The monoisotopic (exact) mass is 388 g/mol. The summed E-state index contributed by atoms with van der Waals surface area (Å²) in [7, 11) is 0. The number of aromatic nitrogens is 1. The third kappa shape index (κ3) is 4.84. The Bertz CT molecular complexity index is 851. The summed E-state index contributed by atoms with van der Waals surface area (Å²) < 4.78 is 0. The molecule has 0 spiro atoms. The Labute approximate surface area is 160 Å². The molecule has 1 N–H and O–H groups in total. The number of thioether (sulfide) groups is 1. The lowest BCUT2D eigenvalue weighted by Crippen LogP contribution is -2.22. The highest BCUT2D eigenvalue weighted by Gasteiger charge is 2.16. The lowest BCUT2D eigenvalue weighted by molar-refractivity contribution is -0.115. The first kappa shape index (κ1) is 18.0. The number of halogens is 1. The molecule has 1 unspecified atom stereocenters. The van der Waals surface area contributed by atoms with Gasteiger partial charge in [-0.15, -0.1) is 23.1 Å². The summed E-state index contributed by atoms with van der Waals surface area (Å²) in [6, 6.07) is 17.7. The molecule has 2 aromatic carbocycles. The number of amides is 1. The number of thiazole rings is 1. The molecular formula is C19H17ClN2OS2. The average Bonchev–Trinajstić information content (AvgIpc) is 3.09. The van der Waals surface area contributed by atoms with Gasteiger partial charge in [0.15, 0.2) is 5.13 Å². The molecule has 1 heterocycles. The minimum absolute atomic E-state index is 0.0408. The van der Waals surface area contributed by atoms with E-state index in [0.29, 0.717) is 10.2 Å². The molecular weight excluding hydrogens is 372 g/mol. The van der Waals surface area contributed by atoms with Crippen molar-refractivity contribution in [2.24, 2.45) is 0 Å². The second-order valence-corrected chi connectivity index (χ2v) is 8.04. The zero-order valence-electron chi connectivity index (χ0n) is 13.6. The summed E-state index contributed by atoms with van der Waals surface area (Å²) in [6.45, 7) is 1.91. The summed E-state index contributed by atoms with van der Waals surface area (Å²) in [5, 5.41) is 5.87. The van der Waals surface area contributed by atoms with Crippen LogP contribution < -0.4 is 5.32 Å². The van der Waals surface area contributed by atoms with E-state index in [0.717, 1.165) is 17.0 Å². The second kappa shape index (κ2) is 8.52. The highest BCUT2D eigenvalue weighted by Crippen LogP contribution is 2.30. The highest BCUT2D eigenvalue weighted by atomic mass is 35.5. The van der Waals surface area contributed by atoms with Gasteiger partial charge in [0, 0.05) is 21.7 Å². The van der Waals surface area contributed by atoms with E-state index in [1.165, 1.54) is 16.9 Å². The molecule has 0 radical (unpaired) electrons. The van der Waals surface area contributed by atoms with Crippen LogP contribution >= 0.6 is 34.7 Å². The number of benzene rings is 2. The van der Waals surface area contributed by atoms with Gasteiger partial charge < -0.3 is 5.32 Å². The number of nitrogens with one attached hydrogen (secondary N) is 1. The number of rotatable bonds is 6. The van der Waals surface area contributed by atoms with Gasteiger partial charge in [-0.25, -0.2) is 4.98 Å². The van der Waals surface area contributed by atoms with Crippen LogP contribution in [0.15, 0.2) is 60.0 Å². The van der Waals surface area contributed by atoms with Gasteiger partial charge in [-0.3, -0.25) is 4.79 Å². The number of anilines is 1. The highest BCUT2D eigenvalue weighted by molar-refractivity contribution is 7.99. The Morgan fingerprint density at radius 2 is 1.92 bits per heavy atom. The van der Waals surface area contributed by atoms with Gasteiger partial charge >= 0.3 is 0 Å². The largest absolute Gasteiger partial charge is 0.301 e. The van der Waals surface area contributed by atoms with Crippen molar-refractivity contribution >= 4 is 45.7 Å². The third-order valence-electron chi connectivity index (χ3n) is 3.60. The molecule has 0 aliphatic heterocycles. The molecule has 1 amide bonds. The third-order valence-corrected chi connectivity index (χ3v) is 5.90. The molecule has 6 heteroatoms. The lowest BCUT2D eigenvalue weighted by atomic mass is 10.2. The first-order valence-electron chi connectivity index (χ1n) is 7.80. The van der Waals surface area contributed by atoms with Crippen LogP contribution in [0.1, 0.15) is 12.5 Å². The predicted octanol–water partition coefficient (Wildman–Crippen LogP) is 5.72. The quantitative estimate of drug-likeness (QED) is 0.586. The van der Waals surface area contributed by atoms with Crippen LogP contribution in [0, 0.1) is 0 Å². The minimum atomic E-state index is -0.159. The van der Waals surface area contributed by atoms with E-state index in [1.54, 1.807) is 11.8 Å². The van der Waals surface area contributed by atoms with Crippen molar-refractivity contribution in [3.8, 4) is 11.3 Å². The van der Waals surface area contributed by atoms with E-state index in [9.17, 15) is 4.79 Å². The lowest BCUT2D eigenvalue weighted by Gasteiger charge is -2.10. The molecule has 3 aromatic rings. The van der Waals surface area contributed by atoms with Gasteiger partial charge in [0.25, 0.3) is 0 Å². The maximum absolute atomic E-state index is 12.4. The van der Waals surface area contributed by atoms with Crippen LogP contribution in [-0.4, -0.2) is 16.1 Å². The van der Waals surface area contributed by atoms with Crippen LogP contribution in [0.3, 0.4) is 0 Å². The topological polar surface area (TPSA) is 42.0 Å². The smallest absolute Gasteiger partial charge is 0.238 e. The minimum Gasteiger partial charge on any atom is -0.301 e. The van der Waals surface area contributed by atoms with Gasteiger partial charge in [-0.05, 0) is 18.6 Å². The molecule has 1 atom stereocenters. The Hall–Kier alpha value is -1.82. The molecule has 0 saturated heterocycles. The average molecular weight is 389 g/mol. The van der Waals surface area contributed by atoms with Crippen LogP contribution in [0.2, 0.25) is 5.02 Å². The molecule has 128 valence electrons. The van der Waals surface area contributed by atoms with Crippen LogP contribution in [0.25, 0.3) is 11.3 Å². The summed E-state index contributed by atoms with van der Waals surface area (Å²) >= 11 is 9.21. The van der Waals surface area contributed by atoms with E-state index in [2.05, 4.69) is 22.4 Å². The second-order valence-electron chi connectivity index (χ2n) is 5.45. The first-order valence-corrected chi connectivity index (χ1v) is 10.1. The Morgan fingerprint density at radius 1 is 1.20 bits per heavy atom. The molecule has 0 fully saturated rings. The molecule has 0 aliphatic carbocycles. The molecule has 0 aliphatic rings. The Kier molecular flexibility index (Phi) is 6.13. The van der Waals surface area contributed by atoms with Crippen molar-refractivity contribution in [2.75, 3.05) is 5.32 Å². The van der Waals surface area contributed by atoms with Gasteiger partial charge in [0.2, 0.25) is 5.91 Å². The van der Waals surface area contributed by atoms with Gasteiger partial charge in [0.1, 0.15) is 0 Å². The van der Waals surface area contributed by atoms with Crippen molar-refractivity contribution in [2.45, 2.75) is 17.9 Å². The Morgan fingerprint density at radius 3 is 2.68 bits per heavy atom. The zero-order valence-corrected chi connectivity index (χ0v) is 16.0. The van der Waals surface area contributed by atoms with Crippen molar-refractivity contribution in [3.63, 3.8) is 0 Å². The predicted molar refractivity (Wildman–Crippen MR) is 108 cm³/mol. The van der Waals surface area contributed by atoms with Gasteiger partial charge in [0.05, 0.1) is 10.9 Å². The molecule has 3 nitrogen and oxygen atoms in total. The summed E-state index contributed by atoms with van der Waals surface area (Å²) in [4.78, 5) is 16.8. The maximum Gasteiger partial charge on any atom is 0.238 e. The number of hydrogen-bond acceptors (Lipinski definition) is 4. The van der Waals surface area contributed by atoms with E-state index >= 15 is 0 Å². The Balaban J connectivity index is 1.59. The summed E-state index contributed by atoms with van der Waals surface area (Å²) in [5.74, 6) is 0.763. The molecule has 0 bridgehead atoms. The zero-order chi connectivity index (χ0) is 17.6. The fourth-order valence-electron chi connectivity index (χ4n) is 2.20. The fraction of sp³-hybridized carbons (Fsp3) is 0.158. The normalized spacial score (nSPS) is 11.9. The van der Waals surface area contributed by atoms with Crippen LogP contribution in [0.5, 0.6) is 0 Å². The van der Waals surface area contributed by atoms with Crippen LogP contribution in [-0.2, 0) is 10.5 Å². The van der Waals surface area contributed by atoms with E-state index < -0.39 is 0 Å². The van der Waals surface area contributed by atoms with Gasteiger partial charge in [-0.2, -0.15) is 0 Å². The van der Waals surface area contributed by atoms with E-state index in [4.69, 9.17) is 11.6 Å². The number of hydrogen-bond donors (Lipinski definition) is 1. The van der Waals surface area contributed by atoms with Crippen molar-refractivity contribution in [3.05, 3.63) is 70.6 Å². The van der Waals surface area contributed by atoms with Crippen molar-refractivity contribution < 1.29 is 4.79 Å². The standard InChI is InChI=1S/C19H17ClN2OS2/c1-13(24-11-14-7-3-2-4-8-14)18(23)22-19-21-17(12-25-19)15-9-5-6-10-16(15)20/h2-10,12-13H,11H2,1H3,(H,21,22,23). The van der Waals surface area contributed by atoms with E-state index in [1.807, 2.05) is 54.8 Å². The molecule has 0 saturated carbocycles. The number of carbonyl (C=O) groups excluding carboxylic acids is 1. The first-order chi connectivity index (χ1) is 12.1. The number of nitrogens with zero attached hydrogens (tertiary/aromatic N) is 1. The fourth-order valence-corrected chi connectivity index (χ4v) is 3.99. The van der Waals surface area contributed by atoms with Crippen LogP contribution in [0.4, 0.5) is 5.13 Å². The maximum atomic E-state index is 12.4. The molecule has 1 aromatic heterocycles. The van der Waals surface area contributed by atoms with Crippen molar-refractivity contribution in [1.82, 2.24) is 4.98 Å². The SMILES string of the molecule is CC(SCc1ccccc1)C(=O)Nc1nc(-c2ccccc2Cl)cs1. The summed E-state index contributed by atoms with van der Waals surface area (Å²) in [5.41, 5.74) is 2.85. The molecule has 25 heavy (non-hydrogen) atoms. The number of carbonyl (C=O) groups is 1. The van der Waals surface area contributed by atoms with Gasteiger partial charge in [-0.1, -0.05) is 60.1 Å². The summed E-state index contributed by atoms with van der Waals surface area (Å²) in [6.07, 6.45) is 0. The van der Waals surface area contributed by atoms with E-state index in [-0.39, 0.29) is 11.2 Å².